The zero-order valence-corrected chi connectivity index (χ0v) is 15.8. The van der Waals surface area contributed by atoms with Crippen LogP contribution in [-0.2, 0) is 11.3 Å². The Bertz CT molecular complexity index is 587. The van der Waals surface area contributed by atoms with E-state index in [0.717, 1.165) is 31.6 Å². The van der Waals surface area contributed by atoms with Crippen molar-refractivity contribution >= 4 is 23.2 Å². The van der Waals surface area contributed by atoms with Crippen LogP contribution in [0.2, 0.25) is 10.0 Å². The molecule has 0 radical (unpaired) electrons. The molecule has 1 unspecified atom stereocenters. The predicted molar refractivity (Wildman–Crippen MR) is 101 cm³/mol. The maximum atomic E-state index is 6.17. The van der Waals surface area contributed by atoms with Gasteiger partial charge in [0, 0.05) is 25.5 Å². The molecule has 0 aliphatic heterocycles. The van der Waals surface area contributed by atoms with Gasteiger partial charge in [-0.2, -0.15) is 0 Å². The molecule has 0 aliphatic rings. The topological polar surface area (TPSA) is 27.1 Å². The number of rotatable bonds is 11. The lowest BCUT2D eigenvalue weighted by atomic mass is 10.1. The van der Waals surface area contributed by atoms with E-state index in [-0.39, 0.29) is 6.10 Å². The van der Waals surface area contributed by atoms with Crippen LogP contribution in [0.5, 0.6) is 0 Å². The molecule has 24 heavy (non-hydrogen) atoms. The highest BCUT2D eigenvalue weighted by atomic mass is 35.5. The first-order valence-electron chi connectivity index (χ1n) is 8.73. The van der Waals surface area contributed by atoms with Crippen LogP contribution in [0.4, 0.5) is 0 Å². The Morgan fingerprint density at radius 2 is 1.96 bits per heavy atom. The van der Waals surface area contributed by atoms with Crippen LogP contribution in [0.15, 0.2) is 36.9 Å². The summed E-state index contributed by atoms with van der Waals surface area (Å²) < 4.78 is 8.23. The summed E-state index contributed by atoms with van der Waals surface area (Å²) >= 11 is 12.2. The van der Waals surface area contributed by atoms with Crippen LogP contribution in [-0.4, -0.2) is 16.2 Å². The smallest absolute Gasteiger partial charge is 0.0945 e. The molecule has 2 rings (SSSR count). The monoisotopic (exact) mass is 368 g/mol. The third-order valence-corrected chi connectivity index (χ3v) is 4.83. The predicted octanol–water partition coefficient (Wildman–Crippen LogP) is 6.31. The van der Waals surface area contributed by atoms with Gasteiger partial charge in [-0.3, -0.25) is 0 Å². The quantitative estimate of drug-likeness (QED) is 0.434. The van der Waals surface area contributed by atoms with E-state index in [2.05, 4.69) is 16.5 Å². The highest BCUT2D eigenvalue weighted by Gasteiger charge is 2.14. The molecule has 3 nitrogen and oxygen atoms in total. The largest absolute Gasteiger partial charge is 0.373 e. The third-order valence-electron chi connectivity index (χ3n) is 4.09. The maximum Gasteiger partial charge on any atom is 0.0945 e. The number of aryl methyl sites for hydroxylation is 1. The highest BCUT2D eigenvalue weighted by molar-refractivity contribution is 6.42. The van der Waals surface area contributed by atoms with E-state index in [4.69, 9.17) is 27.9 Å². The Labute approximate surface area is 154 Å². The summed E-state index contributed by atoms with van der Waals surface area (Å²) in [4.78, 5) is 4.09. The summed E-state index contributed by atoms with van der Waals surface area (Å²) in [5.41, 5.74) is 1.08. The first kappa shape index (κ1) is 19.3. The van der Waals surface area contributed by atoms with Gasteiger partial charge < -0.3 is 9.30 Å². The number of nitrogens with zero attached hydrogens (tertiary/aromatic N) is 2. The van der Waals surface area contributed by atoms with Crippen LogP contribution in [0, 0.1) is 0 Å². The first-order valence-corrected chi connectivity index (χ1v) is 9.48. The summed E-state index contributed by atoms with van der Waals surface area (Å²) in [6.45, 7) is 3.87. The SMILES string of the molecule is CCCCCCCOC(CCn1ccnc1)c1ccc(Cl)c(Cl)c1. The minimum Gasteiger partial charge on any atom is -0.373 e. The van der Waals surface area contributed by atoms with Crippen molar-refractivity contribution in [3.8, 4) is 0 Å². The Morgan fingerprint density at radius 3 is 2.67 bits per heavy atom. The number of ether oxygens (including phenoxy) is 1. The summed E-state index contributed by atoms with van der Waals surface area (Å²) in [7, 11) is 0. The summed E-state index contributed by atoms with van der Waals surface area (Å²) in [6.07, 6.45) is 12.7. The Morgan fingerprint density at radius 1 is 1.12 bits per heavy atom. The van der Waals surface area contributed by atoms with Crippen LogP contribution in [0.3, 0.4) is 0 Å². The van der Waals surface area contributed by atoms with E-state index < -0.39 is 0 Å². The van der Waals surface area contributed by atoms with Gasteiger partial charge in [0.2, 0.25) is 0 Å². The second kappa shape index (κ2) is 10.8. The van der Waals surface area contributed by atoms with Crippen molar-refractivity contribution in [1.29, 1.82) is 0 Å². The molecule has 1 heterocycles. The van der Waals surface area contributed by atoms with Gasteiger partial charge in [-0.05, 0) is 30.5 Å². The molecule has 1 aromatic carbocycles. The molecule has 5 heteroatoms. The molecule has 2 aromatic rings. The Kier molecular flexibility index (Phi) is 8.65. The molecule has 0 aliphatic carbocycles. The average Bonchev–Trinajstić information content (AvgIpc) is 3.09. The fourth-order valence-corrected chi connectivity index (χ4v) is 2.98. The number of aromatic nitrogens is 2. The van der Waals surface area contributed by atoms with E-state index in [1.54, 1.807) is 6.20 Å². The van der Waals surface area contributed by atoms with Gasteiger partial charge in [0.05, 0.1) is 22.5 Å². The molecular formula is C19H26Cl2N2O. The van der Waals surface area contributed by atoms with Crippen molar-refractivity contribution in [2.24, 2.45) is 0 Å². The summed E-state index contributed by atoms with van der Waals surface area (Å²) in [5.74, 6) is 0. The number of halogens is 2. The number of unbranched alkanes of at least 4 members (excludes halogenated alkanes) is 4. The van der Waals surface area contributed by atoms with Crippen molar-refractivity contribution < 1.29 is 4.74 Å². The minimum absolute atomic E-state index is 0.0216. The number of hydrogen-bond acceptors (Lipinski definition) is 2. The Balaban J connectivity index is 1.91. The molecular weight excluding hydrogens is 343 g/mol. The van der Waals surface area contributed by atoms with E-state index in [1.165, 1.54) is 25.7 Å². The minimum atomic E-state index is 0.0216. The highest BCUT2D eigenvalue weighted by Crippen LogP contribution is 2.29. The lowest BCUT2D eigenvalue weighted by Crippen LogP contribution is -2.09. The van der Waals surface area contributed by atoms with Gasteiger partial charge in [-0.25, -0.2) is 4.98 Å². The molecule has 0 N–H and O–H groups in total. The van der Waals surface area contributed by atoms with Crippen LogP contribution in [0.25, 0.3) is 0 Å². The molecule has 0 spiro atoms. The standard InChI is InChI=1S/C19H26Cl2N2O/c1-2-3-4-5-6-13-24-19(9-11-23-12-10-22-15-23)16-7-8-17(20)18(21)14-16/h7-8,10,12,14-15,19H,2-6,9,11,13H2,1H3. The second-order valence-electron chi connectivity index (χ2n) is 6.04. The number of hydrogen-bond donors (Lipinski definition) is 0. The molecule has 1 atom stereocenters. The lowest BCUT2D eigenvalue weighted by Gasteiger charge is -2.19. The van der Waals surface area contributed by atoms with Crippen molar-refractivity contribution in [2.75, 3.05) is 6.61 Å². The van der Waals surface area contributed by atoms with E-state index in [9.17, 15) is 0 Å². The molecule has 0 fully saturated rings. The van der Waals surface area contributed by atoms with E-state index in [1.807, 2.05) is 30.7 Å². The summed E-state index contributed by atoms with van der Waals surface area (Å²) in [6, 6.07) is 5.76. The van der Waals surface area contributed by atoms with Gasteiger partial charge in [0.25, 0.3) is 0 Å². The Hall–Kier alpha value is -1.03. The van der Waals surface area contributed by atoms with E-state index in [0.29, 0.717) is 10.0 Å². The lowest BCUT2D eigenvalue weighted by molar-refractivity contribution is 0.0410. The van der Waals surface area contributed by atoms with Gasteiger partial charge in [-0.1, -0.05) is 61.9 Å². The number of imidazole rings is 1. The van der Waals surface area contributed by atoms with Crippen molar-refractivity contribution in [1.82, 2.24) is 9.55 Å². The first-order chi connectivity index (χ1) is 11.7. The molecule has 0 bridgehead atoms. The fourth-order valence-electron chi connectivity index (χ4n) is 2.68. The fraction of sp³-hybridized carbons (Fsp3) is 0.526. The molecule has 132 valence electrons. The second-order valence-corrected chi connectivity index (χ2v) is 6.85. The third kappa shape index (κ3) is 6.46. The zero-order valence-electron chi connectivity index (χ0n) is 14.3. The molecule has 0 saturated heterocycles. The zero-order chi connectivity index (χ0) is 17.2. The normalized spacial score (nSPS) is 12.5. The summed E-state index contributed by atoms with van der Waals surface area (Å²) in [5, 5.41) is 1.15. The average molecular weight is 369 g/mol. The molecule has 0 amide bonds. The number of benzene rings is 1. The van der Waals surface area contributed by atoms with Crippen molar-refractivity contribution in [3.63, 3.8) is 0 Å². The van der Waals surface area contributed by atoms with Crippen molar-refractivity contribution in [3.05, 3.63) is 52.5 Å². The van der Waals surface area contributed by atoms with Gasteiger partial charge >= 0.3 is 0 Å². The molecule has 1 aromatic heterocycles. The van der Waals surface area contributed by atoms with Crippen LogP contribution in [0.1, 0.15) is 57.1 Å². The van der Waals surface area contributed by atoms with E-state index >= 15 is 0 Å². The molecule has 0 saturated carbocycles. The van der Waals surface area contributed by atoms with Crippen LogP contribution >= 0.6 is 23.2 Å². The maximum absolute atomic E-state index is 6.17. The van der Waals surface area contributed by atoms with Gasteiger partial charge in [0.1, 0.15) is 0 Å². The van der Waals surface area contributed by atoms with Gasteiger partial charge in [-0.15, -0.1) is 0 Å². The van der Waals surface area contributed by atoms with Gasteiger partial charge in [0.15, 0.2) is 0 Å². The van der Waals surface area contributed by atoms with Crippen molar-refractivity contribution in [2.45, 2.75) is 58.1 Å². The van der Waals surface area contributed by atoms with Crippen LogP contribution < -0.4 is 0 Å².